The van der Waals surface area contributed by atoms with Gasteiger partial charge in [-0.2, -0.15) is 5.10 Å². The van der Waals surface area contributed by atoms with E-state index in [1.54, 1.807) is 36.5 Å². The molecule has 8 heteroatoms. The topological polar surface area (TPSA) is 89.7 Å². The summed E-state index contributed by atoms with van der Waals surface area (Å²) in [7, 11) is 0. The van der Waals surface area contributed by atoms with Gasteiger partial charge >= 0.3 is 5.69 Å². The molecular weight excluding hydrogens is 400 g/mol. The lowest BCUT2D eigenvalue weighted by atomic mass is 10.2. The van der Waals surface area contributed by atoms with Crippen LogP contribution in [0.25, 0.3) is 11.3 Å². The minimum absolute atomic E-state index is 0.0985. The average Bonchev–Trinajstić information content (AvgIpc) is 3.25. The highest BCUT2D eigenvalue weighted by Gasteiger charge is 2.15. The number of benzene rings is 3. The Labute approximate surface area is 176 Å². The third-order valence-corrected chi connectivity index (χ3v) is 4.89. The molecular formula is C22H16N4O3S. The molecule has 0 spiro atoms. The van der Waals surface area contributed by atoms with Crippen LogP contribution in [0.2, 0.25) is 0 Å². The minimum Gasteiger partial charge on any atom is -0.449 e. The highest BCUT2D eigenvalue weighted by molar-refractivity contribution is 7.14. The Morgan fingerprint density at radius 1 is 0.967 bits per heavy atom. The third-order valence-electron chi connectivity index (χ3n) is 4.14. The first-order valence-electron chi connectivity index (χ1n) is 9.01. The lowest BCUT2D eigenvalue weighted by Gasteiger charge is -2.08. The summed E-state index contributed by atoms with van der Waals surface area (Å²) in [6, 6.07) is 23.3. The van der Waals surface area contributed by atoms with Crippen LogP contribution in [-0.4, -0.2) is 16.1 Å². The van der Waals surface area contributed by atoms with Crippen LogP contribution in [0.4, 0.5) is 10.8 Å². The Balaban J connectivity index is 1.49. The second-order valence-electron chi connectivity index (χ2n) is 6.14. The number of rotatable bonds is 7. The van der Waals surface area contributed by atoms with Gasteiger partial charge in [0.2, 0.25) is 10.9 Å². The van der Waals surface area contributed by atoms with Gasteiger partial charge in [0, 0.05) is 22.6 Å². The summed E-state index contributed by atoms with van der Waals surface area (Å²) in [6.45, 7) is 0. The van der Waals surface area contributed by atoms with Crippen LogP contribution < -0.4 is 10.2 Å². The van der Waals surface area contributed by atoms with Gasteiger partial charge in [-0.05, 0) is 18.2 Å². The van der Waals surface area contributed by atoms with Crippen LogP contribution in [0.15, 0.2) is 89.3 Å². The summed E-state index contributed by atoms with van der Waals surface area (Å²) in [6.07, 6.45) is 1.59. The van der Waals surface area contributed by atoms with E-state index in [-0.39, 0.29) is 11.4 Å². The fraction of sp³-hybridized carbons (Fsp3) is 0. The minimum atomic E-state index is -0.472. The summed E-state index contributed by atoms with van der Waals surface area (Å²) >= 11 is 1.45. The van der Waals surface area contributed by atoms with E-state index >= 15 is 0 Å². The number of thiazole rings is 1. The maximum Gasteiger partial charge on any atom is 0.311 e. The lowest BCUT2D eigenvalue weighted by Crippen LogP contribution is -1.96. The van der Waals surface area contributed by atoms with E-state index in [0.717, 1.165) is 11.3 Å². The molecule has 0 bridgehead atoms. The molecule has 0 radical (unpaired) electrons. The zero-order valence-corrected chi connectivity index (χ0v) is 16.5. The molecule has 0 unspecified atom stereocenters. The third kappa shape index (κ3) is 4.50. The van der Waals surface area contributed by atoms with E-state index in [9.17, 15) is 10.1 Å². The Morgan fingerprint density at radius 2 is 1.67 bits per heavy atom. The number of para-hydroxylation sites is 3. The molecule has 7 nitrogen and oxygen atoms in total. The first kappa shape index (κ1) is 19.3. The van der Waals surface area contributed by atoms with E-state index in [2.05, 4.69) is 15.5 Å². The van der Waals surface area contributed by atoms with Crippen molar-refractivity contribution in [3.05, 3.63) is 99.9 Å². The van der Waals surface area contributed by atoms with Crippen molar-refractivity contribution >= 4 is 28.4 Å². The summed E-state index contributed by atoms with van der Waals surface area (Å²) in [5.41, 5.74) is 5.40. The Hall–Kier alpha value is -4.04. The number of nitro benzene ring substituents is 1. The zero-order chi connectivity index (χ0) is 20.8. The number of hydrogen-bond acceptors (Lipinski definition) is 7. The van der Waals surface area contributed by atoms with Gasteiger partial charge in [0.05, 0.1) is 16.8 Å². The van der Waals surface area contributed by atoms with Crippen LogP contribution in [0, 0.1) is 10.1 Å². The summed E-state index contributed by atoms with van der Waals surface area (Å²) in [5, 5.41) is 18.1. The Kier molecular flexibility index (Phi) is 5.77. The van der Waals surface area contributed by atoms with Crippen molar-refractivity contribution in [2.24, 2.45) is 5.10 Å². The van der Waals surface area contributed by atoms with Gasteiger partial charge in [0.25, 0.3) is 0 Å². The van der Waals surface area contributed by atoms with Crippen molar-refractivity contribution in [1.82, 2.24) is 4.98 Å². The van der Waals surface area contributed by atoms with E-state index < -0.39 is 4.92 Å². The zero-order valence-electron chi connectivity index (χ0n) is 15.6. The van der Waals surface area contributed by atoms with Crippen molar-refractivity contribution in [3.8, 4) is 22.8 Å². The van der Waals surface area contributed by atoms with E-state index in [1.807, 2.05) is 47.8 Å². The number of nitrogens with one attached hydrogen (secondary N) is 1. The van der Waals surface area contributed by atoms with Crippen molar-refractivity contribution in [3.63, 3.8) is 0 Å². The second-order valence-corrected chi connectivity index (χ2v) is 7.00. The van der Waals surface area contributed by atoms with E-state index in [1.165, 1.54) is 17.4 Å². The van der Waals surface area contributed by atoms with Crippen molar-refractivity contribution in [1.29, 1.82) is 0 Å². The van der Waals surface area contributed by atoms with Crippen molar-refractivity contribution in [2.75, 3.05) is 5.43 Å². The van der Waals surface area contributed by atoms with Crippen molar-refractivity contribution < 1.29 is 9.66 Å². The van der Waals surface area contributed by atoms with E-state index in [0.29, 0.717) is 16.4 Å². The van der Waals surface area contributed by atoms with Gasteiger partial charge in [-0.15, -0.1) is 11.3 Å². The smallest absolute Gasteiger partial charge is 0.311 e. The van der Waals surface area contributed by atoms with Gasteiger partial charge in [0.1, 0.15) is 5.75 Å². The molecule has 1 aromatic heterocycles. The largest absolute Gasteiger partial charge is 0.449 e. The highest BCUT2D eigenvalue weighted by Crippen LogP contribution is 2.32. The Bertz CT molecular complexity index is 1190. The molecule has 0 aliphatic carbocycles. The van der Waals surface area contributed by atoms with Gasteiger partial charge in [-0.3, -0.25) is 15.5 Å². The molecule has 4 aromatic rings. The number of anilines is 1. The lowest BCUT2D eigenvalue weighted by molar-refractivity contribution is -0.385. The number of aromatic nitrogens is 1. The number of ether oxygens (including phenoxy) is 1. The predicted molar refractivity (Wildman–Crippen MR) is 118 cm³/mol. The summed E-state index contributed by atoms with van der Waals surface area (Å²) < 4.78 is 5.79. The van der Waals surface area contributed by atoms with Gasteiger partial charge < -0.3 is 4.74 Å². The van der Waals surface area contributed by atoms with Gasteiger partial charge in [-0.25, -0.2) is 4.98 Å². The molecule has 1 N–H and O–H groups in total. The molecule has 0 saturated heterocycles. The summed E-state index contributed by atoms with van der Waals surface area (Å²) in [4.78, 5) is 15.3. The predicted octanol–water partition coefficient (Wildman–Crippen LogP) is 5.96. The molecule has 0 fully saturated rings. The quantitative estimate of drug-likeness (QED) is 0.228. The number of nitrogens with zero attached hydrogens (tertiary/aromatic N) is 3. The van der Waals surface area contributed by atoms with Gasteiger partial charge in [0.15, 0.2) is 0 Å². The molecule has 3 aromatic carbocycles. The molecule has 30 heavy (non-hydrogen) atoms. The number of hydrogen-bond donors (Lipinski definition) is 1. The van der Waals surface area contributed by atoms with Gasteiger partial charge in [-0.1, -0.05) is 54.6 Å². The molecule has 148 valence electrons. The van der Waals surface area contributed by atoms with Crippen LogP contribution >= 0.6 is 11.3 Å². The molecule has 4 rings (SSSR count). The fourth-order valence-corrected chi connectivity index (χ4v) is 3.39. The molecule has 1 heterocycles. The molecule has 0 atom stereocenters. The van der Waals surface area contributed by atoms with Crippen LogP contribution in [0.3, 0.4) is 0 Å². The molecule has 0 aliphatic rings. The van der Waals surface area contributed by atoms with Crippen LogP contribution in [0.5, 0.6) is 11.5 Å². The molecule has 0 saturated carbocycles. The first-order chi connectivity index (χ1) is 14.7. The maximum absolute atomic E-state index is 11.2. The second kappa shape index (κ2) is 8.97. The maximum atomic E-state index is 11.2. The average molecular weight is 416 g/mol. The fourth-order valence-electron chi connectivity index (χ4n) is 2.72. The Morgan fingerprint density at radius 3 is 2.47 bits per heavy atom. The molecule has 0 amide bonds. The van der Waals surface area contributed by atoms with Crippen molar-refractivity contribution in [2.45, 2.75) is 0 Å². The standard InChI is InChI=1S/C22H16N4O3S/c27-26(28)19-11-5-7-13-21(19)29-20-12-6-4-10-17(20)14-23-25-22-24-18(15-30-22)16-8-2-1-3-9-16/h1-15H,(H,24,25). The SMILES string of the molecule is O=[N+]([O-])c1ccccc1Oc1ccccc1C=NNc1nc(-c2ccccc2)cs1. The van der Waals surface area contributed by atoms with Crippen LogP contribution in [-0.2, 0) is 0 Å². The normalized spacial score (nSPS) is 10.8. The molecule has 0 aliphatic heterocycles. The first-order valence-corrected chi connectivity index (χ1v) is 9.89. The number of nitro groups is 1. The van der Waals surface area contributed by atoms with Crippen LogP contribution in [0.1, 0.15) is 5.56 Å². The monoisotopic (exact) mass is 416 g/mol. The highest BCUT2D eigenvalue weighted by atomic mass is 32.1. The van der Waals surface area contributed by atoms with E-state index in [4.69, 9.17) is 4.74 Å². The number of hydrazone groups is 1. The summed E-state index contributed by atoms with van der Waals surface area (Å²) in [5.74, 6) is 0.630.